The molecule has 1 atom stereocenters. The summed E-state index contributed by atoms with van der Waals surface area (Å²) in [5, 5.41) is 0. The average molecular weight is 230 g/mol. The summed E-state index contributed by atoms with van der Waals surface area (Å²) in [6, 6.07) is 0.148. The van der Waals surface area contributed by atoms with E-state index in [1.165, 1.54) is 0 Å². The van der Waals surface area contributed by atoms with E-state index in [1.807, 2.05) is 27.8 Å². The minimum atomic E-state index is -1.50. The van der Waals surface area contributed by atoms with Crippen LogP contribution in [0.15, 0.2) is 0 Å². The van der Waals surface area contributed by atoms with Gasteiger partial charge in [-0.1, -0.05) is 13.8 Å². The lowest BCUT2D eigenvalue weighted by atomic mass is 10.1. The van der Waals surface area contributed by atoms with Gasteiger partial charge < -0.3 is 9.80 Å². The van der Waals surface area contributed by atoms with E-state index in [-0.39, 0.29) is 11.9 Å². The number of carbonyl (C=O) groups is 1. The van der Waals surface area contributed by atoms with Crippen LogP contribution in [0.3, 0.4) is 0 Å². The zero-order chi connectivity index (χ0) is 12.3. The molecule has 0 N–H and O–H groups in total. The molecule has 0 aromatic heterocycles. The molecule has 1 amide bonds. The van der Waals surface area contributed by atoms with E-state index >= 15 is 0 Å². The first kappa shape index (κ1) is 13.4. The first-order valence-corrected chi connectivity index (χ1v) is 6.21. The molecule has 0 bridgehead atoms. The number of piperazine rings is 1. The zero-order valence-electron chi connectivity index (χ0n) is 10.8. The summed E-state index contributed by atoms with van der Waals surface area (Å²) in [6.45, 7) is 8.36. The number of halogens is 1. The topological polar surface area (TPSA) is 23.6 Å². The van der Waals surface area contributed by atoms with Gasteiger partial charge in [-0.3, -0.25) is 4.79 Å². The summed E-state index contributed by atoms with van der Waals surface area (Å²) in [5.74, 6) is -0.280. The maximum atomic E-state index is 13.5. The van der Waals surface area contributed by atoms with Crippen LogP contribution < -0.4 is 0 Å². The summed E-state index contributed by atoms with van der Waals surface area (Å²) < 4.78 is 13.5. The fourth-order valence-corrected chi connectivity index (χ4v) is 2.02. The van der Waals surface area contributed by atoms with E-state index in [4.69, 9.17) is 0 Å². The highest BCUT2D eigenvalue weighted by molar-refractivity contribution is 5.88. The predicted molar refractivity (Wildman–Crippen MR) is 63.1 cm³/mol. The highest BCUT2D eigenvalue weighted by Crippen LogP contribution is 2.41. The van der Waals surface area contributed by atoms with Crippen molar-refractivity contribution in [2.45, 2.75) is 45.3 Å². The van der Waals surface area contributed by atoms with Gasteiger partial charge in [-0.05, 0) is 26.8 Å². The van der Waals surface area contributed by atoms with Crippen LogP contribution in [-0.2, 0) is 4.79 Å². The minimum absolute atomic E-state index is 0.148. The SMILES string of the molecule is CC.CC1CN(C)CCN1C(=O)C1(F)CC1. The number of carbonyl (C=O) groups excluding carboxylic acids is 1. The van der Waals surface area contributed by atoms with Crippen molar-refractivity contribution in [3.05, 3.63) is 0 Å². The molecule has 3 nitrogen and oxygen atoms in total. The molecule has 4 heteroatoms. The van der Waals surface area contributed by atoms with Crippen molar-refractivity contribution < 1.29 is 9.18 Å². The van der Waals surface area contributed by atoms with Gasteiger partial charge in [0.15, 0.2) is 5.67 Å². The molecular formula is C12H23FN2O. The van der Waals surface area contributed by atoms with Gasteiger partial charge in [0, 0.05) is 25.7 Å². The quantitative estimate of drug-likeness (QED) is 0.684. The lowest BCUT2D eigenvalue weighted by molar-refractivity contribution is -0.142. The Labute approximate surface area is 97.6 Å². The molecule has 1 saturated carbocycles. The zero-order valence-corrected chi connectivity index (χ0v) is 10.8. The van der Waals surface area contributed by atoms with Crippen molar-refractivity contribution in [3.8, 4) is 0 Å². The van der Waals surface area contributed by atoms with Crippen LogP contribution in [0.2, 0.25) is 0 Å². The number of likely N-dealkylation sites (N-methyl/N-ethyl adjacent to an activating group) is 1. The largest absolute Gasteiger partial charge is 0.335 e. The van der Waals surface area contributed by atoms with Gasteiger partial charge in [-0.2, -0.15) is 0 Å². The standard InChI is InChI=1S/C10H17FN2O.C2H6/c1-8-7-12(2)5-6-13(8)9(14)10(11)3-4-10;1-2/h8H,3-7H2,1-2H3;1-2H3. The Kier molecular flexibility index (Phi) is 4.30. The first-order valence-electron chi connectivity index (χ1n) is 6.21. The van der Waals surface area contributed by atoms with E-state index in [1.54, 1.807) is 4.90 Å². The third kappa shape index (κ3) is 2.73. The molecule has 0 aromatic rings. The second-order valence-corrected chi connectivity index (χ2v) is 4.58. The molecule has 1 aliphatic heterocycles. The fourth-order valence-electron chi connectivity index (χ4n) is 2.02. The number of alkyl halides is 1. The molecule has 94 valence electrons. The molecule has 2 aliphatic rings. The Morgan fingerprint density at radius 3 is 2.31 bits per heavy atom. The van der Waals surface area contributed by atoms with Crippen LogP contribution in [-0.4, -0.2) is 54.1 Å². The fraction of sp³-hybridized carbons (Fsp3) is 0.917. The maximum Gasteiger partial charge on any atom is 0.260 e. The number of nitrogens with zero attached hydrogens (tertiary/aromatic N) is 2. The molecule has 2 rings (SSSR count). The summed E-state index contributed by atoms with van der Waals surface area (Å²) in [4.78, 5) is 15.6. The number of amides is 1. The van der Waals surface area contributed by atoms with Crippen LogP contribution in [0.5, 0.6) is 0 Å². The van der Waals surface area contributed by atoms with Crippen molar-refractivity contribution in [2.75, 3.05) is 26.7 Å². The van der Waals surface area contributed by atoms with E-state index in [2.05, 4.69) is 4.90 Å². The monoisotopic (exact) mass is 230 g/mol. The van der Waals surface area contributed by atoms with Crippen molar-refractivity contribution >= 4 is 5.91 Å². The van der Waals surface area contributed by atoms with Gasteiger partial charge in [-0.25, -0.2) is 4.39 Å². The molecule has 1 unspecified atom stereocenters. The van der Waals surface area contributed by atoms with Gasteiger partial charge in [0.1, 0.15) is 0 Å². The Morgan fingerprint density at radius 2 is 1.88 bits per heavy atom. The maximum absolute atomic E-state index is 13.5. The van der Waals surface area contributed by atoms with Gasteiger partial charge in [-0.15, -0.1) is 0 Å². The Morgan fingerprint density at radius 1 is 1.31 bits per heavy atom. The molecule has 16 heavy (non-hydrogen) atoms. The normalized spacial score (nSPS) is 28.1. The van der Waals surface area contributed by atoms with Crippen LogP contribution >= 0.6 is 0 Å². The van der Waals surface area contributed by atoms with Crippen molar-refractivity contribution in [2.24, 2.45) is 0 Å². The third-order valence-electron chi connectivity index (χ3n) is 3.16. The second kappa shape index (κ2) is 5.13. The summed E-state index contributed by atoms with van der Waals surface area (Å²) in [6.07, 6.45) is 0.843. The van der Waals surface area contributed by atoms with E-state index < -0.39 is 5.67 Å². The van der Waals surface area contributed by atoms with E-state index in [0.717, 1.165) is 13.1 Å². The highest BCUT2D eigenvalue weighted by Gasteiger charge is 2.53. The molecule has 1 heterocycles. The highest BCUT2D eigenvalue weighted by atomic mass is 19.1. The predicted octanol–water partition coefficient (Wildman–Crippen LogP) is 1.68. The minimum Gasteiger partial charge on any atom is -0.335 e. The molecule has 0 radical (unpaired) electrons. The Bertz CT molecular complexity index is 253. The Balaban J connectivity index is 0.000000606. The smallest absolute Gasteiger partial charge is 0.260 e. The molecule has 2 fully saturated rings. The third-order valence-corrected chi connectivity index (χ3v) is 3.16. The Hall–Kier alpha value is -0.640. The van der Waals surface area contributed by atoms with Crippen LogP contribution in [0.1, 0.15) is 33.6 Å². The van der Waals surface area contributed by atoms with E-state index in [0.29, 0.717) is 19.4 Å². The number of hydrogen-bond acceptors (Lipinski definition) is 2. The summed E-state index contributed by atoms with van der Waals surface area (Å²) >= 11 is 0. The molecule has 1 aliphatic carbocycles. The average Bonchev–Trinajstić information content (AvgIpc) is 3.00. The van der Waals surface area contributed by atoms with Crippen molar-refractivity contribution in [3.63, 3.8) is 0 Å². The van der Waals surface area contributed by atoms with Gasteiger partial charge in [0.25, 0.3) is 5.91 Å². The van der Waals surface area contributed by atoms with Crippen LogP contribution in [0.4, 0.5) is 4.39 Å². The van der Waals surface area contributed by atoms with Gasteiger partial charge in [0.2, 0.25) is 0 Å². The molecule has 0 aromatic carbocycles. The van der Waals surface area contributed by atoms with E-state index in [9.17, 15) is 9.18 Å². The summed E-state index contributed by atoms with van der Waals surface area (Å²) in [5.41, 5.74) is -1.50. The van der Waals surface area contributed by atoms with Crippen molar-refractivity contribution in [1.29, 1.82) is 0 Å². The number of rotatable bonds is 1. The second-order valence-electron chi connectivity index (χ2n) is 4.58. The molecule has 0 spiro atoms. The molecular weight excluding hydrogens is 207 g/mol. The molecule has 1 saturated heterocycles. The van der Waals surface area contributed by atoms with Crippen LogP contribution in [0, 0.1) is 0 Å². The number of hydrogen-bond donors (Lipinski definition) is 0. The lowest BCUT2D eigenvalue weighted by Crippen LogP contribution is -2.55. The van der Waals surface area contributed by atoms with Gasteiger partial charge in [0.05, 0.1) is 0 Å². The van der Waals surface area contributed by atoms with Crippen molar-refractivity contribution in [1.82, 2.24) is 9.80 Å². The van der Waals surface area contributed by atoms with Crippen LogP contribution in [0.25, 0.3) is 0 Å². The lowest BCUT2D eigenvalue weighted by Gasteiger charge is -2.38. The summed E-state index contributed by atoms with van der Waals surface area (Å²) in [7, 11) is 2.03. The first-order chi connectivity index (χ1) is 7.53. The van der Waals surface area contributed by atoms with Gasteiger partial charge >= 0.3 is 0 Å².